The minimum atomic E-state index is 0.559. The molecule has 2 aromatic rings. The zero-order valence-electron chi connectivity index (χ0n) is 10.1. The highest BCUT2D eigenvalue weighted by atomic mass is 15.1. The van der Waals surface area contributed by atoms with Crippen LogP contribution in [0.25, 0.3) is 0 Å². The summed E-state index contributed by atoms with van der Waals surface area (Å²) in [6.45, 7) is 1.14. The van der Waals surface area contributed by atoms with E-state index >= 15 is 0 Å². The van der Waals surface area contributed by atoms with Crippen LogP contribution in [-0.4, -0.2) is 13.6 Å². The SMILES string of the molecule is CN1CC[C@H](c2ccccc2)c2ccccc21. The summed E-state index contributed by atoms with van der Waals surface area (Å²) in [6.07, 6.45) is 1.21. The summed E-state index contributed by atoms with van der Waals surface area (Å²) in [7, 11) is 2.18. The van der Waals surface area contributed by atoms with Gasteiger partial charge in [-0.15, -0.1) is 0 Å². The summed E-state index contributed by atoms with van der Waals surface area (Å²) in [4.78, 5) is 2.36. The quantitative estimate of drug-likeness (QED) is 0.713. The average Bonchev–Trinajstić information content (AvgIpc) is 2.41. The highest BCUT2D eigenvalue weighted by Gasteiger charge is 2.23. The van der Waals surface area contributed by atoms with Crippen LogP contribution in [0.5, 0.6) is 0 Å². The largest absolute Gasteiger partial charge is 0.374 e. The third-order valence-electron chi connectivity index (χ3n) is 3.68. The fourth-order valence-electron chi connectivity index (χ4n) is 2.76. The molecule has 1 aliphatic heterocycles. The van der Waals surface area contributed by atoms with Gasteiger partial charge in [0.2, 0.25) is 0 Å². The fraction of sp³-hybridized carbons (Fsp3) is 0.250. The molecule has 1 heterocycles. The molecule has 1 heteroatoms. The second-order valence-corrected chi connectivity index (χ2v) is 4.73. The van der Waals surface area contributed by atoms with Gasteiger partial charge < -0.3 is 4.90 Å². The number of benzene rings is 2. The molecule has 0 saturated carbocycles. The number of hydrogen-bond donors (Lipinski definition) is 0. The Balaban J connectivity index is 2.07. The lowest BCUT2D eigenvalue weighted by molar-refractivity contribution is 0.666. The van der Waals surface area contributed by atoms with Crippen LogP contribution in [0, 0.1) is 0 Å². The van der Waals surface area contributed by atoms with Crippen molar-refractivity contribution in [1.82, 2.24) is 0 Å². The molecule has 0 aliphatic carbocycles. The molecule has 86 valence electrons. The molecule has 3 rings (SSSR count). The normalized spacial score (nSPS) is 18.9. The zero-order chi connectivity index (χ0) is 11.7. The highest BCUT2D eigenvalue weighted by Crippen LogP contribution is 2.38. The van der Waals surface area contributed by atoms with Crippen LogP contribution in [0.4, 0.5) is 5.69 Å². The number of para-hydroxylation sites is 1. The van der Waals surface area contributed by atoms with Crippen molar-refractivity contribution < 1.29 is 0 Å². The maximum Gasteiger partial charge on any atom is 0.0402 e. The molecule has 2 aromatic carbocycles. The molecule has 1 atom stereocenters. The summed E-state index contributed by atoms with van der Waals surface area (Å²) in [5.41, 5.74) is 4.29. The third-order valence-corrected chi connectivity index (χ3v) is 3.68. The van der Waals surface area contributed by atoms with Gasteiger partial charge in [-0.05, 0) is 23.6 Å². The molecule has 0 N–H and O–H groups in total. The number of anilines is 1. The Labute approximate surface area is 103 Å². The molecular weight excluding hydrogens is 206 g/mol. The van der Waals surface area contributed by atoms with Gasteiger partial charge in [0.05, 0.1) is 0 Å². The maximum absolute atomic E-state index is 2.36. The lowest BCUT2D eigenvalue weighted by Gasteiger charge is -2.33. The van der Waals surface area contributed by atoms with E-state index in [2.05, 4.69) is 66.5 Å². The average molecular weight is 223 g/mol. The van der Waals surface area contributed by atoms with Crippen molar-refractivity contribution in [2.75, 3.05) is 18.5 Å². The van der Waals surface area contributed by atoms with E-state index in [4.69, 9.17) is 0 Å². The lowest BCUT2D eigenvalue weighted by atomic mass is 9.84. The molecule has 0 saturated heterocycles. The van der Waals surface area contributed by atoms with E-state index in [9.17, 15) is 0 Å². The molecule has 0 radical (unpaired) electrons. The van der Waals surface area contributed by atoms with Gasteiger partial charge in [-0.3, -0.25) is 0 Å². The van der Waals surface area contributed by atoms with E-state index in [0.29, 0.717) is 5.92 Å². The number of rotatable bonds is 1. The van der Waals surface area contributed by atoms with Gasteiger partial charge >= 0.3 is 0 Å². The Morgan fingerprint density at radius 2 is 1.65 bits per heavy atom. The first kappa shape index (κ1) is 10.4. The smallest absolute Gasteiger partial charge is 0.0402 e. The van der Waals surface area contributed by atoms with Gasteiger partial charge in [-0.25, -0.2) is 0 Å². The van der Waals surface area contributed by atoms with Gasteiger partial charge in [0, 0.05) is 25.2 Å². The van der Waals surface area contributed by atoms with Gasteiger partial charge in [-0.1, -0.05) is 48.5 Å². The molecule has 0 amide bonds. The second-order valence-electron chi connectivity index (χ2n) is 4.73. The van der Waals surface area contributed by atoms with Crippen LogP contribution < -0.4 is 4.90 Å². The van der Waals surface area contributed by atoms with Crippen LogP contribution in [0.2, 0.25) is 0 Å². The van der Waals surface area contributed by atoms with Gasteiger partial charge in [-0.2, -0.15) is 0 Å². The molecule has 1 aliphatic rings. The van der Waals surface area contributed by atoms with E-state index in [0.717, 1.165) is 6.54 Å². The van der Waals surface area contributed by atoms with Crippen LogP contribution in [0.1, 0.15) is 23.5 Å². The van der Waals surface area contributed by atoms with Crippen molar-refractivity contribution in [2.24, 2.45) is 0 Å². The number of hydrogen-bond acceptors (Lipinski definition) is 1. The number of fused-ring (bicyclic) bond motifs is 1. The Hall–Kier alpha value is -1.76. The lowest BCUT2D eigenvalue weighted by Crippen LogP contribution is -2.27. The Kier molecular flexibility index (Phi) is 2.60. The molecule has 0 unspecified atom stereocenters. The summed E-state index contributed by atoms with van der Waals surface area (Å²) in [6, 6.07) is 19.6. The predicted molar refractivity (Wildman–Crippen MR) is 72.6 cm³/mol. The monoisotopic (exact) mass is 223 g/mol. The molecule has 0 fully saturated rings. The minimum Gasteiger partial charge on any atom is -0.374 e. The first-order valence-corrected chi connectivity index (χ1v) is 6.21. The maximum atomic E-state index is 2.36. The molecule has 0 bridgehead atoms. The first-order chi connectivity index (χ1) is 8.36. The van der Waals surface area contributed by atoms with Crippen LogP contribution in [-0.2, 0) is 0 Å². The van der Waals surface area contributed by atoms with Gasteiger partial charge in [0.25, 0.3) is 0 Å². The van der Waals surface area contributed by atoms with Crippen molar-refractivity contribution >= 4 is 5.69 Å². The fourth-order valence-corrected chi connectivity index (χ4v) is 2.76. The van der Waals surface area contributed by atoms with Gasteiger partial charge in [0.1, 0.15) is 0 Å². The van der Waals surface area contributed by atoms with Crippen LogP contribution in [0.3, 0.4) is 0 Å². The number of nitrogens with zero attached hydrogens (tertiary/aromatic N) is 1. The Morgan fingerprint density at radius 1 is 0.941 bits per heavy atom. The van der Waals surface area contributed by atoms with Crippen molar-refractivity contribution in [3.8, 4) is 0 Å². The standard InChI is InChI=1S/C16H17N/c1-17-12-11-14(13-7-3-2-4-8-13)15-9-5-6-10-16(15)17/h2-10,14H,11-12H2,1H3/t14-/m1/s1. The van der Waals surface area contributed by atoms with Crippen molar-refractivity contribution in [3.05, 3.63) is 65.7 Å². The zero-order valence-corrected chi connectivity index (χ0v) is 10.1. The van der Waals surface area contributed by atoms with Gasteiger partial charge in [0.15, 0.2) is 0 Å². The minimum absolute atomic E-state index is 0.559. The third kappa shape index (κ3) is 1.82. The second kappa shape index (κ2) is 4.25. The topological polar surface area (TPSA) is 3.24 Å². The highest BCUT2D eigenvalue weighted by molar-refractivity contribution is 5.58. The van der Waals surface area contributed by atoms with E-state index in [1.54, 1.807) is 0 Å². The molecule has 0 aromatic heterocycles. The van der Waals surface area contributed by atoms with E-state index in [-0.39, 0.29) is 0 Å². The van der Waals surface area contributed by atoms with Crippen molar-refractivity contribution in [2.45, 2.75) is 12.3 Å². The molecule has 1 nitrogen and oxygen atoms in total. The summed E-state index contributed by atoms with van der Waals surface area (Å²) in [5, 5.41) is 0. The van der Waals surface area contributed by atoms with Crippen molar-refractivity contribution in [1.29, 1.82) is 0 Å². The summed E-state index contributed by atoms with van der Waals surface area (Å²) < 4.78 is 0. The Morgan fingerprint density at radius 3 is 2.47 bits per heavy atom. The molecular formula is C16H17N. The summed E-state index contributed by atoms with van der Waals surface area (Å²) in [5.74, 6) is 0.559. The summed E-state index contributed by atoms with van der Waals surface area (Å²) >= 11 is 0. The molecule has 17 heavy (non-hydrogen) atoms. The van der Waals surface area contributed by atoms with E-state index in [1.165, 1.54) is 23.2 Å². The first-order valence-electron chi connectivity index (χ1n) is 6.21. The molecule has 0 spiro atoms. The van der Waals surface area contributed by atoms with Crippen molar-refractivity contribution in [3.63, 3.8) is 0 Å². The van der Waals surface area contributed by atoms with E-state index < -0.39 is 0 Å². The van der Waals surface area contributed by atoms with E-state index in [1.807, 2.05) is 0 Å². The Bertz CT molecular complexity index is 504. The van der Waals surface area contributed by atoms with Crippen LogP contribution in [0.15, 0.2) is 54.6 Å². The van der Waals surface area contributed by atoms with Crippen LogP contribution >= 0.6 is 0 Å². The predicted octanol–water partition coefficient (Wildman–Crippen LogP) is 3.66.